The summed E-state index contributed by atoms with van der Waals surface area (Å²) in [6, 6.07) is 12.7. The topological polar surface area (TPSA) is 65.2 Å². The minimum atomic E-state index is -0.826. The summed E-state index contributed by atoms with van der Waals surface area (Å²) in [7, 11) is 9.87. The fourth-order valence-corrected chi connectivity index (χ4v) is 3.36. The van der Waals surface area contributed by atoms with Crippen LogP contribution in [0.2, 0.25) is 0 Å². The van der Waals surface area contributed by atoms with Gasteiger partial charge in [0.1, 0.15) is 11.5 Å². The molecule has 35 heavy (non-hydrogen) atoms. The molecule has 2 aliphatic carbocycles. The second-order valence-corrected chi connectivity index (χ2v) is 14.8. The molecule has 2 saturated carbocycles. The molecule has 0 spiro atoms. The first kappa shape index (κ1) is 30.1. The average molecular weight is 597 g/mol. The van der Waals surface area contributed by atoms with Crippen molar-refractivity contribution in [1.29, 1.82) is 0 Å². The zero-order valence-electron chi connectivity index (χ0n) is 21.6. The van der Waals surface area contributed by atoms with Crippen molar-refractivity contribution >= 4 is 29.5 Å². The van der Waals surface area contributed by atoms with Crippen LogP contribution in [0.4, 0.5) is 0 Å². The second-order valence-electron chi connectivity index (χ2n) is 11.1. The number of phenolic OH excluding ortho intramolecular Hbond substituents is 2. The number of nitrogens with zero attached hydrogens (tertiary/aromatic N) is 2. The Labute approximate surface area is 229 Å². The monoisotopic (exact) mass is 594 g/mol. The van der Waals surface area contributed by atoms with E-state index in [1.807, 2.05) is 48.8 Å². The third kappa shape index (κ3) is 10.4. The summed E-state index contributed by atoms with van der Waals surface area (Å²) in [4.78, 5) is 8.81. The molecule has 4 rings (SSSR count). The molecule has 2 aromatic carbocycles. The van der Waals surface area contributed by atoms with Crippen molar-refractivity contribution in [2.75, 3.05) is 0 Å². The molecule has 0 amide bonds. The first-order valence-electron chi connectivity index (χ1n) is 12.1. The van der Waals surface area contributed by atoms with Crippen LogP contribution in [0.5, 0.6) is 11.5 Å². The van der Waals surface area contributed by atoms with Crippen molar-refractivity contribution in [3.63, 3.8) is 0 Å². The number of rotatable bonds is 4. The number of halogens is 2. The number of aliphatic imine (C=N–C) groups is 2. The van der Waals surface area contributed by atoms with Crippen molar-refractivity contribution < 1.29 is 31.1 Å². The molecule has 2 N–H and O–H groups in total. The quantitative estimate of drug-likeness (QED) is 0.352. The van der Waals surface area contributed by atoms with Gasteiger partial charge in [-0.3, -0.25) is 9.98 Å². The minimum absolute atomic E-state index is 0.0342. The molecule has 0 heterocycles. The molecule has 2 aliphatic rings. The number of hydrogen-bond donors (Lipinski definition) is 2. The number of phenols is 2. The maximum atomic E-state index is 10.2. The zero-order chi connectivity index (χ0) is 26.2. The Morgan fingerprint density at radius 3 is 1.29 bits per heavy atom. The van der Waals surface area contributed by atoms with E-state index in [1.54, 1.807) is 0 Å². The van der Waals surface area contributed by atoms with Gasteiger partial charge in [-0.15, -0.1) is 0 Å². The van der Waals surface area contributed by atoms with Gasteiger partial charge in [0.25, 0.3) is 0 Å². The summed E-state index contributed by atoms with van der Waals surface area (Å²) in [6.07, 6.45) is 8.38. The number of benzene rings is 2. The normalized spacial score (nSPS) is 15.9. The summed E-state index contributed by atoms with van der Waals surface area (Å²) >= 11 is -0.826. The van der Waals surface area contributed by atoms with Gasteiger partial charge in [0, 0.05) is 23.6 Å². The Hall–Kier alpha value is -1.16. The van der Waals surface area contributed by atoms with E-state index in [9.17, 15) is 10.2 Å². The molecule has 0 aliphatic heterocycles. The Balaban J connectivity index is 0.000000222. The van der Waals surface area contributed by atoms with E-state index >= 15 is 0 Å². The van der Waals surface area contributed by atoms with E-state index in [0.29, 0.717) is 23.6 Å². The van der Waals surface area contributed by atoms with Gasteiger partial charge in [0.2, 0.25) is 0 Å². The second kappa shape index (κ2) is 13.4. The predicted octanol–water partition coefficient (Wildman–Crippen LogP) is 7.92. The maximum absolute atomic E-state index is 10.2. The fourth-order valence-electron chi connectivity index (χ4n) is 3.36. The summed E-state index contributed by atoms with van der Waals surface area (Å²) in [5.74, 6) is 0.749. The molecule has 2 aromatic rings. The number of para-hydroxylation sites is 2. The van der Waals surface area contributed by atoms with E-state index in [0.717, 1.165) is 22.3 Å². The van der Waals surface area contributed by atoms with Gasteiger partial charge in [0.15, 0.2) is 0 Å². The Kier molecular flexibility index (Phi) is 11.5. The Morgan fingerprint density at radius 2 is 1.03 bits per heavy atom. The molecule has 0 bridgehead atoms. The molecule has 7 heteroatoms. The van der Waals surface area contributed by atoms with E-state index in [-0.39, 0.29) is 10.8 Å². The van der Waals surface area contributed by atoms with E-state index in [4.69, 9.17) is 17.0 Å². The Morgan fingerprint density at radius 1 is 0.714 bits per heavy atom. The van der Waals surface area contributed by atoms with Gasteiger partial charge in [-0.05, 0) is 59.8 Å². The van der Waals surface area contributed by atoms with E-state index in [1.165, 1.54) is 25.7 Å². The molecular formula is C28H38Cl2N2O2Zr. The fraction of sp³-hybridized carbons (Fsp3) is 0.500. The van der Waals surface area contributed by atoms with Gasteiger partial charge in [-0.25, -0.2) is 0 Å². The van der Waals surface area contributed by atoms with Crippen molar-refractivity contribution in [2.24, 2.45) is 9.98 Å². The van der Waals surface area contributed by atoms with Crippen LogP contribution in [0.3, 0.4) is 0 Å². The first-order valence-corrected chi connectivity index (χ1v) is 18.4. The molecular weight excluding hydrogens is 558 g/mol. The van der Waals surface area contributed by atoms with Gasteiger partial charge >= 0.3 is 37.9 Å². The molecule has 4 nitrogen and oxygen atoms in total. The predicted molar refractivity (Wildman–Crippen MR) is 147 cm³/mol. The van der Waals surface area contributed by atoms with Crippen LogP contribution in [0.25, 0.3) is 0 Å². The number of hydrogen-bond acceptors (Lipinski definition) is 4. The van der Waals surface area contributed by atoms with Crippen molar-refractivity contribution in [3.8, 4) is 11.5 Å². The first-order chi connectivity index (χ1) is 16.4. The summed E-state index contributed by atoms with van der Waals surface area (Å²) < 4.78 is 0. The third-order valence-electron chi connectivity index (χ3n) is 5.69. The van der Waals surface area contributed by atoms with Crippen molar-refractivity contribution in [2.45, 2.75) is 90.1 Å². The Bertz CT molecular complexity index is 937. The van der Waals surface area contributed by atoms with Crippen LogP contribution in [0, 0.1) is 0 Å². The van der Waals surface area contributed by atoms with Gasteiger partial charge in [-0.2, -0.15) is 0 Å². The van der Waals surface area contributed by atoms with Gasteiger partial charge in [-0.1, -0.05) is 65.8 Å². The molecule has 0 aromatic heterocycles. The molecule has 0 radical (unpaired) electrons. The number of aromatic hydroxyl groups is 2. The van der Waals surface area contributed by atoms with Crippen LogP contribution in [0.1, 0.15) is 89.5 Å². The van der Waals surface area contributed by atoms with Crippen LogP contribution >= 0.6 is 17.0 Å². The molecule has 190 valence electrons. The van der Waals surface area contributed by atoms with Crippen LogP contribution in [0.15, 0.2) is 46.4 Å². The summed E-state index contributed by atoms with van der Waals surface area (Å²) in [5.41, 5.74) is 3.55. The SMILES string of the molecule is CC(C)(C)c1cccc(C=NC2CC2)c1O.CC(C)(C)c1cccc(C=NC2CC2)c1O.[Cl][Zr][Cl]. The molecule has 0 saturated heterocycles. The van der Waals surface area contributed by atoms with E-state index in [2.05, 4.69) is 51.5 Å². The van der Waals surface area contributed by atoms with Crippen LogP contribution < -0.4 is 0 Å². The van der Waals surface area contributed by atoms with Crippen LogP contribution in [-0.4, -0.2) is 34.7 Å². The zero-order valence-corrected chi connectivity index (χ0v) is 25.6. The molecule has 2 fully saturated rings. The summed E-state index contributed by atoms with van der Waals surface area (Å²) in [5, 5.41) is 20.3. The third-order valence-corrected chi connectivity index (χ3v) is 5.69. The van der Waals surface area contributed by atoms with Crippen molar-refractivity contribution in [3.05, 3.63) is 58.7 Å². The van der Waals surface area contributed by atoms with E-state index < -0.39 is 20.8 Å². The van der Waals surface area contributed by atoms with Crippen LogP contribution in [-0.2, 0) is 31.7 Å². The van der Waals surface area contributed by atoms with Gasteiger partial charge in [0.05, 0.1) is 12.1 Å². The van der Waals surface area contributed by atoms with Gasteiger partial charge < -0.3 is 10.2 Å². The molecule has 0 unspecified atom stereocenters. The summed E-state index contributed by atoms with van der Waals surface area (Å²) in [6.45, 7) is 12.6. The standard InChI is InChI=1S/2C14H19NO.2ClH.Zr/c2*1-14(2,3)12-6-4-5-10(13(12)16)9-15-11-7-8-11;;;/h2*4-6,9,11,16H,7-8H2,1-3H3;2*1H;/q;;;;+2/p-2. The average Bonchev–Trinajstić information content (AvgIpc) is 3.67. The molecule has 0 atom stereocenters. The van der Waals surface area contributed by atoms with Crippen molar-refractivity contribution in [1.82, 2.24) is 0 Å².